The Hall–Kier alpha value is -3.09. The summed E-state index contributed by atoms with van der Waals surface area (Å²) < 4.78 is 5.01. The number of aromatic amines is 1. The number of carbonyl (C=O) groups excluding carboxylic acids is 2. The largest absolute Gasteiger partial charge is 0.468 e. The van der Waals surface area contributed by atoms with Crippen LogP contribution in [0.2, 0.25) is 5.02 Å². The van der Waals surface area contributed by atoms with E-state index in [9.17, 15) is 9.59 Å². The molecule has 3 aromatic rings. The number of methoxy groups -OCH3 is 1. The van der Waals surface area contributed by atoms with Gasteiger partial charge in [0.1, 0.15) is 11.7 Å². The summed E-state index contributed by atoms with van der Waals surface area (Å²) in [7, 11) is 1.40. The lowest BCUT2D eigenvalue weighted by Gasteiger charge is -2.22. The number of amides is 1. The van der Waals surface area contributed by atoms with Gasteiger partial charge in [-0.2, -0.15) is 0 Å². The lowest BCUT2D eigenvalue weighted by molar-refractivity contribution is -0.145. The summed E-state index contributed by atoms with van der Waals surface area (Å²) in [6.07, 6.45) is 2.53. The Bertz CT molecular complexity index is 1200. The molecule has 1 fully saturated rings. The average Bonchev–Trinajstić information content (AvgIpc) is 3.39. The Morgan fingerprint density at radius 3 is 2.70 bits per heavy atom. The third-order valence-electron chi connectivity index (χ3n) is 6.21. The second-order valence-corrected chi connectivity index (χ2v) is 8.88. The van der Waals surface area contributed by atoms with Crippen molar-refractivity contribution in [2.75, 3.05) is 20.2 Å². The molecule has 0 aliphatic carbocycles. The number of halogens is 1. The van der Waals surface area contributed by atoms with Crippen LogP contribution in [0, 0.1) is 0 Å². The summed E-state index contributed by atoms with van der Waals surface area (Å²) in [5.41, 5.74) is 4.23. The molecule has 33 heavy (non-hydrogen) atoms. The average molecular weight is 466 g/mol. The third kappa shape index (κ3) is 4.82. The molecule has 2 N–H and O–H groups in total. The number of rotatable bonds is 6. The molecule has 2 aromatic carbocycles. The van der Waals surface area contributed by atoms with Gasteiger partial charge in [0.25, 0.3) is 5.91 Å². The maximum atomic E-state index is 13.5. The maximum absolute atomic E-state index is 13.5. The number of esters is 1. The number of hydrogen-bond donors (Lipinski definition) is 2. The third-order valence-corrected chi connectivity index (χ3v) is 6.44. The van der Waals surface area contributed by atoms with Crippen molar-refractivity contribution in [3.8, 4) is 11.1 Å². The fourth-order valence-electron chi connectivity index (χ4n) is 4.47. The molecule has 0 saturated carbocycles. The fourth-order valence-corrected chi connectivity index (χ4v) is 4.64. The van der Waals surface area contributed by atoms with Crippen LogP contribution < -0.4 is 5.32 Å². The Balaban J connectivity index is 1.64. The van der Waals surface area contributed by atoms with Crippen LogP contribution in [0.3, 0.4) is 0 Å². The molecule has 7 heteroatoms. The molecule has 1 aromatic heterocycles. The van der Waals surface area contributed by atoms with Crippen LogP contribution in [0.5, 0.6) is 0 Å². The van der Waals surface area contributed by atoms with Gasteiger partial charge in [0.15, 0.2) is 0 Å². The molecule has 0 unspecified atom stereocenters. The Morgan fingerprint density at radius 1 is 1.24 bits per heavy atom. The van der Waals surface area contributed by atoms with Crippen molar-refractivity contribution in [3.63, 3.8) is 0 Å². The van der Waals surface area contributed by atoms with Gasteiger partial charge < -0.3 is 15.0 Å². The zero-order chi connectivity index (χ0) is 23.5. The number of benzene rings is 2. The van der Waals surface area contributed by atoms with E-state index in [-0.39, 0.29) is 24.0 Å². The minimum Gasteiger partial charge on any atom is -0.468 e. The molecule has 1 aliphatic heterocycles. The van der Waals surface area contributed by atoms with Crippen LogP contribution in [0.25, 0.3) is 22.0 Å². The highest BCUT2D eigenvalue weighted by Gasteiger charge is 2.38. The van der Waals surface area contributed by atoms with Gasteiger partial charge in [0, 0.05) is 40.6 Å². The van der Waals surface area contributed by atoms with E-state index in [2.05, 4.69) is 15.2 Å². The van der Waals surface area contributed by atoms with Crippen molar-refractivity contribution in [2.24, 2.45) is 0 Å². The van der Waals surface area contributed by atoms with Crippen LogP contribution >= 0.6 is 11.6 Å². The first-order chi connectivity index (χ1) is 15.9. The summed E-state index contributed by atoms with van der Waals surface area (Å²) in [6.45, 7) is 5.24. The predicted octanol–water partition coefficient (Wildman–Crippen LogP) is 4.80. The summed E-state index contributed by atoms with van der Waals surface area (Å²) in [5, 5.41) is 4.64. The molecule has 0 bridgehead atoms. The van der Waals surface area contributed by atoms with Gasteiger partial charge in [-0.1, -0.05) is 53.6 Å². The van der Waals surface area contributed by atoms with Gasteiger partial charge in [-0.05, 0) is 44.0 Å². The molecule has 1 amide bonds. The number of allylic oxidation sites excluding steroid dienone is 1. The normalized spacial score (nSPS) is 19.1. The zero-order valence-corrected chi connectivity index (χ0v) is 19.8. The number of fused-ring (bicyclic) bond motifs is 1. The molecule has 0 spiro atoms. The van der Waals surface area contributed by atoms with E-state index in [1.54, 1.807) is 6.07 Å². The molecule has 2 atom stereocenters. The van der Waals surface area contributed by atoms with Crippen LogP contribution in [0.15, 0.2) is 60.2 Å². The van der Waals surface area contributed by atoms with E-state index in [1.807, 2.05) is 62.4 Å². The quantitative estimate of drug-likeness (QED) is 0.405. The lowest BCUT2D eigenvalue weighted by Crippen LogP contribution is -2.39. The van der Waals surface area contributed by atoms with Gasteiger partial charge >= 0.3 is 5.97 Å². The number of nitrogens with zero attached hydrogens (tertiary/aromatic N) is 1. The number of aromatic nitrogens is 1. The first-order valence-electron chi connectivity index (χ1n) is 11.0. The van der Waals surface area contributed by atoms with Crippen LogP contribution in [0.4, 0.5) is 0 Å². The number of H-pyrrole nitrogens is 1. The number of carbonyl (C=O) groups is 2. The number of nitrogens with one attached hydrogen (secondary N) is 2. The summed E-state index contributed by atoms with van der Waals surface area (Å²) in [5.74, 6) is -0.486. The highest BCUT2D eigenvalue weighted by atomic mass is 35.5. The molecule has 1 saturated heterocycles. The molecule has 1 aliphatic rings. The van der Waals surface area contributed by atoms with Crippen LogP contribution in [-0.2, 0) is 9.53 Å². The zero-order valence-electron chi connectivity index (χ0n) is 19.0. The molecular formula is C26H28ClN3O3. The van der Waals surface area contributed by atoms with Gasteiger partial charge in [0.05, 0.1) is 7.11 Å². The van der Waals surface area contributed by atoms with Crippen molar-refractivity contribution >= 4 is 34.4 Å². The molecule has 4 rings (SSSR count). The minimum atomic E-state index is -0.384. The van der Waals surface area contributed by atoms with Gasteiger partial charge in [-0.25, -0.2) is 0 Å². The lowest BCUT2D eigenvalue weighted by atomic mass is 10.0. The molecule has 6 nitrogen and oxygen atoms in total. The van der Waals surface area contributed by atoms with Gasteiger partial charge in [-0.3, -0.25) is 14.5 Å². The number of likely N-dealkylation sites (tertiary alicyclic amines) is 1. The van der Waals surface area contributed by atoms with Gasteiger partial charge in [0.2, 0.25) is 0 Å². The van der Waals surface area contributed by atoms with Crippen LogP contribution in [-0.4, -0.2) is 54.0 Å². The van der Waals surface area contributed by atoms with Gasteiger partial charge in [-0.15, -0.1) is 0 Å². The predicted molar refractivity (Wildman–Crippen MR) is 131 cm³/mol. The fraction of sp³-hybridized carbons (Fsp3) is 0.308. The van der Waals surface area contributed by atoms with E-state index in [4.69, 9.17) is 16.3 Å². The second kappa shape index (κ2) is 9.81. The summed E-state index contributed by atoms with van der Waals surface area (Å²) in [6, 6.07) is 14.8. The van der Waals surface area contributed by atoms with E-state index in [0.29, 0.717) is 30.2 Å². The minimum absolute atomic E-state index is 0.176. The molecule has 2 heterocycles. The smallest absolute Gasteiger partial charge is 0.323 e. The molecule has 0 radical (unpaired) electrons. The van der Waals surface area contributed by atoms with E-state index >= 15 is 0 Å². The van der Waals surface area contributed by atoms with Crippen molar-refractivity contribution in [2.45, 2.75) is 32.4 Å². The monoisotopic (exact) mass is 465 g/mol. The first kappa shape index (κ1) is 23.1. The Morgan fingerprint density at radius 2 is 2.00 bits per heavy atom. The van der Waals surface area contributed by atoms with Crippen molar-refractivity contribution in [3.05, 3.63) is 70.9 Å². The SMILES string of the molecule is C/C=C(\C)CN1C[C@H](NC(=O)c2[nH]c3ccc(Cl)cc3c2-c2ccccc2)C[C@H]1C(=O)OC. The van der Waals surface area contributed by atoms with Crippen molar-refractivity contribution in [1.29, 1.82) is 0 Å². The van der Waals surface area contributed by atoms with E-state index < -0.39 is 0 Å². The highest BCUT2D eigenvalue weighted by Crippen LogP contribution is 2.34. The second-order valence-electron chi connectivity index (χ2n) is 8.44. The van der Waals surface area contributed by atoms with E-state index in [0.717, 1.165) is 27.6 Å². The maximum Gasteiger partial charge on any atom is 0.323 e. The summed E-state index contributed by atoms with van der Waals surface area (Å²) in [4.78, 5) is 31.2. The topological polar surface area (TPSA) is 74.4 Å². The highest BCUT2D eigenvalue weighted by molar-refractivity contribution is 6.31. The number of ether oxygens (including phenoxy) is 1. The van der Waals surface area contributed by atoms with Crippen molar-refractivity contribution < 1.29 is 14.3 Å². The summed E-state index contributed by atoms with van der Waals surface area (Å²) >= 11 is 6.27. The Kier molecular flexibility index (Phi) is 6.86. The Labute approximate surface area is 198 Å². The van der Waals surface area contributed by atoms with E-state index in [1.165, 1.54) is 7.11 Å². The first-order valence-corrected chi connectivity index (χ1v) is 11.4. The molecule has 172 valence electrons. The number of hydrogen-bond acceptors (Lipinski definition) is 4. The van der Waals surface area contributed by atoms with Crippen LogP contribution in [0.1, 0.15) is 30.8 Å². The van der Waals surface area contributed by atoms with Crippen molar-refractivity contribution in [1.82, 2.24) is 15.2 Å². The molecular weight excluding hydrogens is 438 g/mol. The standard InChI is InChI=1S/C26H28ClN3O3/c1-4-16(2)14-30-15-19(13-22(30)26(32)33-3)28-25(31)24-23(17-8-6-5-7-9-17)20-12-18(27)10-11-21(20)29-24/h4-12,19,22,29H,13-15H2,1-3H3,(H,28,31)/b16-4+/t19-,22+/m1/s1.